The highest BCUT2D eigenvalue weighted by Gasteiger charge is 2.43. The highest BCUT2D eigenvalue weighted by atomic mass is 32.1. The van der Waals surface area contributed by atoms with E-state index in [9.17, 15) is 4.79 Å². The van der Waals surface area contributed by atoms with E-state index in [1.54, 1.807) is 0 Å². The van der Waals surface area contributed by atoms with Crippen molar-refractivity contribution in [3.63, 3.8) is 0 Å². The van der Waals surface area contributed by atoms with Crippen LogP contribution in [-0.4, -0.2) is 22.9 Å². The van der Waals surface area contributed by atoms with Gasteiger partial charge >= 0.3 is 0 Å². The van der Waals surface area contributed by atoms with E-state index in [-0.39, 0.29) is 11.9 Å². The minimum atomic E-state index is -0.582. The maximum absolute atomic E-state index is 12.8. The van der Waals surface area contributed by atoms with Gasteiger partial charge in [-0.15, -0.1) is 11.3 Å². The number of carbonyl (C=O) groups is 1. The molecule has 1 fully saturated rings. The summed E-state index contributed by atoms with van der Waals surface area (Å²) in [6.07, 6.45) is 5.87. The van der Waals surface area contributed by atoms with Crippen molar-refractivity contribution in [2.45, 2.75) is 57.0 Å². The third-order valence-corrected chi connectivity index (χ3v) is 5.66. The molecular weight excluding hydrogens is 256 g/mol. The Kier molecular flexibility index (Phi) is 3.39. The number of nitrogens with two attached hydrogens (primary N) is 1. The molecule has 3 nitrogen and oxygen atoms in total. The molecule has 3 rings (SSSR count). The largest absolute Gasteiger partial charge is 0.334 e. The van der Waals surface area contributed by atoms with E-state index in [1.807, 2.05) is 11.3 Å². The first-order chi connectivity index (χ1) is 9.15. The quantitative estimate of drug-likeness (QED) is 0.904. The normalized spacial score (nSPS) is 25.4. The molecule has 0 saturated heterocycles. The zero-order valence-corrected chi connectivity index (χ0v) is 12.3. The topological polar surface area (TPSA) is 46.3 Å². The number of nitrogens with zero attached hydrogens (tertiary/aromatic N) is 1. The number of fused-ring (bicyclic) bond motifs is 1. The molecule has 1 saturated carbocycles. The van der Waals surface area contributed by atoms with Gasteiger partial charge in [-0.25, -0.2) is 0 Å². The molecule has 2 aliphatic rings. The standard InChI is InChI=1S/C15H22N2OS/c1-2-12-11-6-10-19-13(11)5-9-17(12)14(18)15(16)7-3-4-8-15/h6,10,12H,2-5,7-9,16H2,1H3. The lowest BCUT2D eigenvalue weighted by molar-refractivity contribution is -0.140. The minimum Gasteiger partial charge on any atom is -0.334 e. The predicted octanol–water partition coefficient (Wildman–Crippen LogP) is 2.86. The Morgan fingerprint density at radius 1 is 1.53 bits per heavy atom. The molecule has 1 aromatic heterocycles. The third kappa shape index (κ3) is 2.11. The fraction of sp³-hybridized carbons (Fsp3) is 0.667. The minimum absolute atomic E-state index is 0.189. The van der Waals surface area contributed by atoms with Crippen molar-refractivity contribution in [2.24, 2.45) is 5.73 Å². The molecule has 4 heteroatoms. The van der Waals surface area contributed by atoms with Crippen LogP contribution < -0.4 is 5.73 Å². The molecule has 19 heavy (non-hydrogen) atoms. The molecule has 2 N–H and O–H groups in total. The van der Waals surface area contributed by atoms with Gasteiger partial charge in [-0.1, -0.05) is 19.8 Å². The van der Waals surface area contributed by atoms with Crippen molar-refractivity contribution >= 4 is 17.2 Å². The molecule has 1 aliphatic carbocycles. The maximum Gasteiger partial charge on any atom is 0.243 e. The van der Waals surface area contributed by atoms with Crippen molar-refractivity contribution in [3.8, 4) is 0 Å². The van der Waals surface area contributed by atoms with Gasteiger partial charge in [-0.2, -0.15) is 0 Å². The van der Waals surface area contributed by atoms with Gasteiger partial charge in [0.05, 0.1) is 11.6 Å². The molecule has 2 heterocycles. The first-order valence-electron chi connectivity index (χ1n) is 7.32. The molecule has 1 atom stereocenters. The number of rotatable bonds is 2. The summed E-state index contributed by atoms with van der Waals surface area (Å²) in [4.78, 5) is 16.3. The summed E-state index contributed by atoms with van der Waals surface area (Å²) in [6, 6.07) is 2.43. The number of thiophene rings is 1. The average molecular weight is 278 g/mol. The molecule has 0 aromatic carbocycles. The van der Waals surface area contributed by atoms with Crippen molar-refractivity contribution in [3.05, 3.63) is 21.9 Å². The van der Waals surface area contributed by atoms with Crippen molar-refractivity contribution in [2.75, 3.05) is 6.54 Å². The molecule has 1 aliphatic heterocycles. The van der Waals surface area contributed by atoms with Crippen LogP contribution in [0.3, 0.4) is 0 Å². The average Bonchev–Trinajstić information content (AvgIpc) is 3.05. The van der Waals surface area contributed by atoms with E-state index in [4.69, 9.17) is 5.73 Å². The van der Waals surface area contributed by atoms with Crippen LogP contribution >= 0.6 is 11.3 Å². The Hall–Kier alpha value is -0.870. The Balaban J connectivity index is 1.87. The van der Waals surface area contributed by atoms with Gasteiger partial charge in [0, 0.05) is 11.4 Å². The highest BCUT2D eigenvalue weighted by Crippen LogP contribution is 2.38. The predicted molar refractivity (Wildman–Crippen MR) is 78.2 cm³/mol. The van der Waals surface area contributed by atoms with Gasteiger partial charge < -0.3 is 10.6 Å². The van der Waals surface area contributed by atoms with E-state index >= 15 is 0 Å². The van der Waals surface area contributed by atoms with Crippen molar-refractivity contribution in [1.82, 2.24) is 4.90 Å². The summed E-state index contributed by atoms with van der Waals surface area (Å²) in [6.45, 7) is 3.00. The molecule has 0 bridgehead atoms. The van der Waals surface area contributed by atoms with Gasteiger partial charge in [0.15, 0.2) is 0 Å². The van der Waals surface area contributed by atoms with E-state index in [0.29, 0.717) is 0 Å². The summed E-state index contributed by atoms with van der Waals surface area (Å²) in [5.74, 6) is 0.189. The Bertz CT molecular complexity index is 476. The summed E-state index contributed by atoms with van der Waals surface area (Å²) >= 11 is 1.82. The van der Waals surface area contributed by atoms with E-state index in [2.05, 4.69) is 23.3 Å². The zero-order valence-electron chi connectivity index (χ0n) is 11.5. The van der Waals surface area contributed by atoms with Gasteiger partial charge in [0.25, 0.3) is 0 Å². The number of hydrogen-bond donors (Lipinski definition) is 1. The second-order valence-electron chi connectivity index (χ2n) is 5.83. The summed E-state index contributed by atoms with van der Waals surface area (Å²) in [5.41, 5.74) is 7.13. The van der Waals surface area contributed by atoms with E-state index in [0.717, 1.165) is 45.1 Å². The molecule has 1 aromatic rings. The second kappa shape index (κ2) is 4.91. The summed E-state index contributed by atoms with van der Waals surface area (Å²) in [7, 11) is 0. The van der Waals surface area contributed by atoms with Crippen LogP contribution in [0.25, 0.3) is 0 Å². The van der Waals surface area contributed by atoms with E-state index < -0.39 is 5.54 Å². The van der Waals surface area contributed by atoms with Gasteiger partial charge in [0.1, 0.15) is 0 Å². The van der Waals surface area contributed by atoms with Gasteiger partial charge in [-0.3, -0.25) is 4.79 Å². The van der Waals surface area contributed by atoms with Crippen molar-refractivity contribution < 1.29 is 4.79 Å². The molecule has 1 amide bonds. The second-order valence-corrected chi connectivity index (χ2v) is 6.84. The maximum atomic E-state index is 12.8. The lowest BCUT2D eigenvalue weighted by Gasteiger charge is -2.40. The highest BCUT2D eigenvalue weighted by molar-refractivity contribution is 7.10. The molecule has 1 unspecified atom stereocenters. The van der Waals surface area contributed by atoms with Crippen LogP contribution in [0.1, 0.15) is 55.5 Å². The number of carbonyl (C=O) groups excluding carboxylic acids is 1. The smallest absolute Gasteiger partial charge is 0.243 e. The van der Waals surface area contributed by atoms with E-state index in [1.165, 1.54) is 10.4 Å². The van der Waals surface area contributed by atoms with Crippen LogP contribution in [0.15, 0.2) is 11.4 Å². The van der Waals surface area contributed by atoms with Gasteiger partial charge in [-0.05, 0) is 42.7 Å². The lowest BCUT2D eigenvalue weighted by Crippen LogP contribution is -2.55. The van der Waals surface area contributed by atoms with Crippen LogP contribution in [0.4, 0.5) is 0 Å². The molecule has 0 radical (unpaired) electrons. The third-order valence-electron chi connectivity index (χ3n) is 4.66. The summed E-state index contributed by atoms with van der Waals surface area (Å²) in [5, 5.41) is 2.15. The van der Waals surface area contributed by atoms with Crippen LogP contribution in [-0.2, 0) is 11.2 Å². The van der Waals surface area contributed by atoms with Crippen LogP contribution in [0.2, 0.25) is 0 Å². The van der Waals surface area contributed by atoms with Crippen molar-refractivity contribution in [1.29, 1.82) is 0 Å². The lowest BCUT2D eigenvalue weighted by atomic mass is 9.91. The van der Waals surface area contributed by atoms with Gasteiger partial charge in [0.2, 0.25) is 5.91 Å². The van der Waals surface area contributed by atoms with Crippen LogP contribution in [0, 0.1) is 0 Å². The Morgan fingerprint density at radius 2 is 2.26 bits per heavy atom. The SMILES string of the molecule is CCC1c2ccsc2CCN1C(=O)C1(N)CCCC1. The summed E-state index contributed by atoms with van der Waals surface area (Å²) < 4.78 is 0. The zero-order chi connectivity index (χ0) is 13.5. The Morgan fingerprint density at radius 3 is 2.95 bits per heavy atom. The molecule has 0 spiro atoms. The fourth-order valence-corrected chi connectivity index (χ4v) is 4.51. The number of amides is 1. The molecule has 104 valence electrons. The monoisotopic (exact) mass is 278 g/mol. The Labute approximate surface area is 118 Å². The fourth-order valence-electron chi connectivity index (χ4n) is 3.59. The number of hydrogen-bond acceptors (Lipinski definition) is 3. The first-order valence-corrected chi connectivity index (χ1v) is 8.20. The first kappa shape index (κ1) is 13.1. The van der Waals surface area contributed by atoms with Crippen LogP contribution in [0.5, 0.6) is 0 Å². The molecular formula is C15H22N2OS.